The zero-order chi connectivity index (χ0) is 34.8. The number of nitrogens with zero attached hydrogens (tertiary/aromatic N) is 1. The predicted octanol–water partition coefficient (Wildman–Crippen LogP) is 2.48. The van der Waals surface area contributed by atoms with Gasteiger partial charge in [0.1, 0.15) is 5.66 Å². The molecule has 1 saturated heterocycles. The van der Waals surface area contributed by atoms with E-state index in [1.807, 2.05) is 19.1 Å². The van der Waals surface area contributed by atoms with E-state index in [-0.39, 0.29) is 56.8 Å². The Balaban J connectivity index is 2.01. The van der Waals surface area contributed by atoms with Gasteiger partial charge in [-0.25, -0.2) is 22.7 Å². The maximum Gasteiger partial charge on any atom is 0.409 e. The van der Waals surface area contributed by atoms with Gasteiger partial charge in [-0.05, 0) is 55.0 Å². The van der Waals surface area contributed by atoms with E-state index in [2.05, 4.69) is 25.4 Å². The van der Waals surface area contributed by atoms with Crippen molar-refractivity contribution in [2.45, 2.75) is 82.3 Å². The minimum atomic E-state index is -4.30. The van der Waals surface area contributed by atoms with Crippen LogP contribution in [0.4, 0.5) is 4.79 Å². The number of rotatable bonds is 14. The van der Waals surface area contributed by atoms with E-state index in [1.54, 1.807) is 45.0 Å². The number of carbonyl (C=O) groups excluding carboxylic acids is 4. The van der Waals surface area contributed by atoms with Gasteiger partial charge < -0.3 is 25.8 Å². The fourth-order valence-electron chi connectivity index (χ4n) is 6.23. The Morgan fingerprint density at radius 2 is 1.66 bits per heavy atom. The monoisotopic (exact) mass is 675 g/mol. The first kappa shape index (κ1) is 37.2. The summed E-state index contributed by atoms with van der Waals surface area (Å²) in [4.78, 5) is 63.4. The molecule has 0 aliphatic carbocycles. The first-order valence-electron chi connectivity index (χ1n) is 15.8. The van der Waals surface area contributed by atoms with Crippen molar-refractivity contribution in [1.29, 1.82) is 0 Å². The van der Waals surface area contributed by atoms with Crippen LogP contribution < -0.4 is 20.7 Å². The van der Waals surface area contributed by atoms with E-state index >= 15 is 0 Å². The van der Waals surface area contributed by atoms with Crippen LogP contribution in [0.3, 0.4) is 0 Å². The van der Waals surface area contributed by atoms with E-state index in [0.717, 1.165) is 10.3 Å². The van der Waals surface area contributed by atoms with Crippen molar-refractivity contribution in [3.8, 4) is 0 Å². The lowest BCUT2D eigenvalue weighted by Crippen LogP contribution is -2.82. The van der Waals surface area contributed by atoms with E-state index in [4.69, 9.17) is 0 Å². The van der Waals surface area contributed by atoms with Crippen LogP contribution in [0.5, 0.6) is 0 Å². The average Bonchev–Trinajstić information content (AvgIpc) is 3.05. The van der Waals surface area contributed by atoms with Crippen molar-refractivity contribution in [1.82, 2.24) is 25.6 Å². The molecule has 1 fully saturated rings. The second-order valence-electron chi connectivity index (χ2n) is 11.5. The van der Waals surface area contributed by atoms with Crippen molar-refractivity contribution in [3.05, 3.63) is 42.5 Å². The fraction of sp³-hybridized carbons (Fsp3) is 0.531. The summed E-state index contributed by atoms with van der Waals surface area (Å²) in [5.74, 6) is -3.56. The summed E-state index contributed by atoms with van der Waals surface area (Å²) in [6, 6.07) is 12.0. The molecule has 1 aliphatic heterocycles. The molecule has 3 rings (SSSR count). The highest BCUT2D eigenvalue weighted by Crippen LogP contribution is 2.46. The average molecular weight is 676 g/mol. The van der Waals surface area contributed by atoms with Gasteiger partial charge >= 0.3 is 18.0 Å². The smallest absolute Gasteiger partial charge is 0.409 e. The standard InChI is InChI=1S/C32H45N5O9S/c1-5-22(4)31(36-47(44,45)25-14-13-23-11-8-9-12-24(23)21-25)16-10-20-37(30(42)43)32(31,35-26(38)6-2)17-15-27(39)33-18-19-34-28(40)29(41)46-7-3/h8-9,11-14,21-22,36H,5-7,10,15-20H2,1-4H3,(H,33,39)(H,34,40)(H,35,38)(H,42,43)/t22?,31-,32-/m0/s1. The van der Waals surface area contributed by atoms with Gasteiger partial charge in [-0.15, -0.1) is 0 Å². The molecule has 0 aromatic heterocycles. The van der Waals surface area contributed by atoms with Crippen LogP contribution in [-0.2, 0) is 33.9 Å². The molecule has 1 heterocycles. The Bertz CT molecular complexity index is 1580. The molecule has 0 spiro atoms. The number of benzene rings is 2. The van der Waals surface area contributed by atoms with Crippen molar-refractivity contribution < 1.29 is 42.2 Å². The fourth-order valence-corrected chi connectivity index (χ4v) is 7.83. The Labute approximate surface area is 275 Å². The summed E-state index contributed by atoms with van der Waals surface area (Å²) in [5, 5.41) is 19.8. The molecule has 47 heavy (non-hydrogen) atoms. The van der Waals surface area contributed by atoms with Gasteiger partial charge in [0.25, 0.3) is 0 Å². The lowest BCUT2D eigenvalue weighted by molar-refractivity contribution is -0.154. The second kappa shape index (κ2) is 16.0. The first-order valence-corrected chi connectivity index (χ1v) is 17.3. The molecule has 0 saturated carbocycles. The number of ether oxygens (including phenoxy) is 1. The van der Waals surface area contributed by atoms with Gasteiger partial charge in [0.15, 0.2) is 0 Å². The Morgan fingerprint density at radius 1 is 0.979 bits per heavy atom. The molecule has 14 nitrogen and oxygen atoms in total. The van der Waals surface area contributed by atoms with Crippen molar-refractivity contribution in [2.75, 3.05) is 26.2 Å². The summed E-state index contributed by atoms with van der Waals surface area (Å²) < 4.78 is 35.9. The summed E-state index contributed by atoms with van der Waals surface area (Å²) >= 11 is 0. The lowest BCUT2D eigenvalue weighted by atomic mass is 9.66. The van der Waals surface area contributed by atoms with Gasteiger partial charge in [-0.1, -0.05) is 57.5 Å². The van der Waals surface area contributed by atoms with Crippen molar-refractivity contribution in [2.24, 2.45) is 5.92 Å². The molecule has 1 unspecified atom stereocenters. The third-order valence-electron chi connectivity index (χ3n) is 8.76. The zero-order valence-electron chi connectivity index (χ0n) is 27.3. The number of nitrogens with one attached hydrogen (secondary N) is 4. The van der Waals surface area contributed by atoms with E-state index in [9.17, 15) is 37.5 Å². The highest BCUT2D eigenvalue weighted by atomic mass is 32.2. The number of sulfonamides is 1. The van der Waals surface area contributed by atoms with Crippen molar-refractivity contribution in [3.63, 3.8) is 0 Å². The summed E-state index contributed by atoms with van der Waals surface area (Å²) in [7, 11) is -4.30. The molecule has 0 bridgehead atoms. The van der Waals surface area contributed by atoms with E-state index in [0.29, 0.717) is 18.2 Å². The summed E-state index contributed by atoms with van der Waals surface area (Å²) in [6.45, 7) is 6.70. The Hall–Kier alpha value is -4.24. The maximum absolute atomic E-state index is 14.2. The lowest BCUT2D eigenvalue weighted by Gasteiger charge is -2.60. The SMILES string of the molecule is CCOC(=O)C(=O)NCCNC(=O)CC[C@]1(NC(=O)CC)N(C(=O)O)CCC[C@]1(NS(=O)(=O)c1ccc2ccccc2c1)C(C)CC. The second-order valence-corrected chi connectivity index (χ2v) is 13.2. The molecular formula is C32H45N5O9S. The topological polar surface area (TPSA) is 200 Å². The van der Waals surface area contributed by atoms with Crippen LogP contribution >= 0.6 is 0 Å². The quantitative estimate of drug-likeness (QED) is 0.113. The molecule has 2 aromatic carbocycles. The zero-order valence-corrected chi connectivity index (χ0v) is 28.1. The number of hydrogen-bond acceptors (Lipinski definition) is 8. The summed E-state index contributed by atoms with van der Waals surface area (Å²) in [6.07, 6.45) is -1.04. The molecule has 15 heteroatoms. The molecule has 3 atom stereocenters. The molecule has 258 valence electrons. The van der Waals surface area contributed by atoms with Crippen LogP contribution in [0.25, 0.3) is 10.8 Å². The van der Waals surface area contributed by atoms with Crippen LogP contribution in [0.2, 0.25) is 0 Å². The van der Waals surface area contributed by atoms with Gasteiger partial charge in [0, 0.05) is 32.5 Å². The van der Waals surface area contributed by atoms with Crippen LogP contribution in [0.1, 0.15) is 66.2 Å². The molecular weight excluding hydrogens is 630 g/mol. The molecule has 4 amide bonds. The normalized spacial score (nSPS) is 20.2. The number of fused-ring (bicyclic) bond motifs is 1. The molecule has 5 N–H and O–H groups in total. The molecule has 1 aliphatic rings. The number of amides is 4. The molecule has 2 aromatic rings. The number of carbonyl (C=O) groups is 5. The van der Waals surface area contributed by atoms with Gasteiger partial charge in [0.2, 0.25) is 21.8 Å². The third kappa shape index (κ3) is 8.38. The maximum atomic E-state index is 14.2. The minimum Gasteiger partial charge on any atom is -0.465 e. The number of piperidine rings is 1. The first-order chi connectivity index (χ1) is 22.3. The van der Waals surface area contributed by atoms with Crippen LogP contribution in [0.15, 0.2) is 47.4 Å². The number of carboxylic acid groups (broad SMARTS) is 1. The Morgan fingerprint density at radius 3 is 2.30 bits per heavy atom. The highest BCUT2D eigenvalue weighted by Gasteiger charge is 2.62. The minimum absolute atomic E-state index is 0.00325. The van der Waals surface area contributed by atoms with E-state index < -0.39 is 56.9 Å². The van der Waals surface area contributed by atoms with Gasteiger partial charge in [-0.2, -0.15) is 0 Å². The number of likely N-dealkylation sites (tertiary alicyclic amines) is 1. The largest absolute Gasteiger partial charge is 0.465 e. The predicted molar refractivity (Wildman–Crippen MR) is 173 cm³/mol. The third-order valence-corrected chi connectivity index (χ3v) is 10.3. The number of hydrogen-bond donors (Lipinski definition) is 5. The van der Waals surface area contributed by atoms with Gasteiger partial charge in [-0.3, -0.25) is 19.3 Å². The van der Waals surface area contributed by atoms with E-state index in [1.165, 1.54) is 6.07 Å². The van der Waals surface area contributed by atoms with Crippen LogP contribution in [-0.4, -0.2) is 85.7 Å². The highest BCUT2D eigenvalue weighted by molar-refractivity contribution is 7.89. The summed E-state index contributed by atoms with van der Waals surface area (Å²) in [5.41, 5.74) is -3.40. The number of esters is 1. The van der Waals surface area contributed by atoms with Crippen LogP contribution in [0, 0.1) is 5.92 Å². The van der Waals surface area contributed by atoms with Crippen molar-refractivity contribution >= 4 is 50.6 Å². The van der Waals surface area contributed by atoms with Gasteiger partial charge in [0.05, 0.1) is 17.0 Å². The Kier molecular flexibility index (Phi) is 12.7. The molecule has 0 radical (unpaired) electrons.